The molecule has 2 aromatic heterocycles. The third kappa shape index (κ3) is 4.29. The molecule has 158 valence electrons. The molecular weight excluding hydrogens is 412 g/mol. The van der Waals surface area contributed by atoms with E-state index in [0.29, 0.717) is 26.8 Å². The third-order valence-electron chi connectivity index (χ3n) is 4.74. The maximum absolute atomic E-state index is 12.7. The van der Waals surface area contributed by atoms with E-state index in [0.717, 1.165) is 16.8 Å². The highest BCUT2D eigenvalue weighted by Gasteiger charge is 2.09. The molecule has 0 saturated carbocycles. The predicted octanol–water partition coefficient (Wildman–Crippen LogP) is 2.95. The van der Waals surface area contributed by atoms with E-state index in [1.165, 1.54) is 15.9 Å². The molecule has 4 aromatic rings. The molecule has 31 heavy (non-hydrogen) atoms. The van der Waals surface area contributed by atoms with E-state index in [2.05, 4.69) is 10.1 Å². The van der Waals surface area contributed by atoms with Crippen LogP contribution in [0.3, 0.4) is 0 Å². The second-order valence-corrected chi connectivity index (χ2v) is 8.02. The zero-order chi connectivity index (χ0) is 22.0. The van der Waals surface area contributed by atoms with Crippen LogP contribution in [0.1, 0.15) is 17.0 Å². The SMILES string of the molecule is COc1ccc(/C=C/c2nc3s/c(=C\c4ccc(N(C)C)cc4)c(=O)n3n2)cc1OC. The summed E-state index contributed by atoms with van der Waals surface area (Å²) in [6.45, 7) is 0. The van der Waals surface area contributed by atoms with Crippen molar-refractivity contribution < 1.29 is 9.47 Å². The fourth-order valence-electron chi connectivity index (χ4n) is 3.07. The molecule has 0 saturated heterocycles. The molecule has 2 aromatic carbocycles. The molecule has 0 fully saturated rings. The number of hydrogen-bond donors (Lipinski definition) is 0. The van der Waals surface area contributed by atoms with Crippen LogP contribution in [0.2, 0.25) is 0 Å². The Hall–Kier alpha value is -3.65. The number of anilines is 1. The van der Waals surface area contributed by atoms with Crippen LogP contribution in [0.4, 0.5) is 5.69 Å². The van der Waals surface area contributed by atoms with Crippen molar-refractivity contribution in [3.8, 4) is 11.5 Å². The summed E-state index contributed by atoms with van der Waals surface area (Å²) in [4.78, 5) is 19.8. The van der Waals surface area contributed by atoms with Crippen molar-refractivity contribution in [1.82, 2.24) is 14.6 Å². The van der Waals surface area contributed by atoms with Gasteiger partial charge in [0.25, 0.3) is 5.56 Å². The summed E-state index contributed by atoms with van der Waals surface area (Å²) in [7, 11) is 7.18. The Bertz CT molecular complexity index is 1350. The first-order valence-electron chi connectivity index (χ1n) is 9.57. The molecule has 0 spiro atoms. The Morgan fingerprint density at radius 2 is 1.68 bits per heavy atom. The largest absolute Gasteiger partial charge is 0.493 e. The lowest BCUT2D eigenvalue weighted by Crippen LogP contribution is -2.23. The van der Waals surface area contributed by atoms with Crippen LogP contribution in [0.5, 0.6) is 11.5 Å². The van der Waals surface area contributed by atoms with Crippen molar-refractivity contribution in [3.05, 3.63) is 74.3 Å². The number of aromatic nitrogens is 3. The first-order chi connectivity index (χ1) is 15.0. The highest BCUT2D eigenvalue weighted by Crippen LogP contribution is 2.28. The lowest BCUT2D eigenvalue weighted by Gasteiger charge is -2.11. The average Bonchev–Trinajstić information content (AvgIpc) is 3.31. The van der Waals surface area contributed by atoms with Crippen LogP contribution in [0, 0.1) is 0 Å². The van der Waals surface area contributed by atoms with Crippen LogP contribution in [-0.2, 0) is 0 Å². The molecule has 4 rings (SSSR count). The van der Waals surface area contributed by atoms with E-state index in [1.54, 1.807) is 20.3 Å². The number of fused-ring (bicyclic) bond motifs is 1. The zero-order valence-electron chi connectivity index (χ0n) is 17.7. The monoisotopic (exact) mass is 434 g/mol. The summed E-state index contributed by atoms with van der Waals surface area (Å²) >= 11 is 1.32. The van der Waals surface area contributed by atoms with Gasteiger partial charge in [-0.2, -0.15) is 9.50 Å². The van der Waals surface area contributed by atoms with Gasteiger partial charge < -0.3 is 14.4 Å². The average molecular weight is 435 g/mol. The minimum Gasteiger partial charge on any atom is -0.493 e. The molecule has 0 atom stereocenters. The number of methoxy groups -OCH3 is 2. The summed E-state index contributed by atoms with van der Waals surface area (Å²) in [5.41, 5.74) is 2.80. The van der Waals surface area contributed by atoms with Gasteiger partial charge in [-0.25, -0.2) is 0 Å². The summed E-state index contributed by atoms with van der Waals surface area (Å²) in [6.07, 6.45) is 5.50. The van der Waals surface area contributed by atoms with E-state index in [9.17, 15) is 4.79 Å². The molecule has 0 aliphatic carbocycles. The first kappa shape index (κ1) is 20.6. The molecule has 2 heterocycles. The number of ether oxygens (including phenoxy) is 2. The fourth-order valence-corrected chi connectivity index (χ4v) is 3.98. The second-order valence-electron chi connectivity index (χ2n) is 7.01. The van der Waals surface area contributed by atoms with Crippen molar-refractivity contribution in [2.75, 3.05) is 33.2 Å². The fraction of sp³-hybridized carbons (Fsp3) is 0.174. The topological polar surface area (TPSA) is 69.0 Å². The van der Waals surface area contributed by atoms with Crippen molar-refractivity contribution in [1.29, 1.82) is 0 Å². The Kier molecular flexibility index (Phi) is 5.73. The molecule has 0 aliphatic heterocycles. The smallest absolute Gasteiger partial charge is 0.291 e. The summed E-state index contributed by atoms with van der Waals surface area (Å²) in [5, 5.41) is 4.34. The zero-order valence-corrected chi connectivity index (χ0v) is 18.5. The maximum atomic E-state index is 12.7. The van der Waals surface area contributed by atoms with Crippen molar-refractivity contribution in [2.45, 2.75) is 0 Å². The Morgan fingerprint density at radius 3 is 2.32 bits per heavy atom. The highest BCUT2D eigenvalue weighted by molar-refractivity contribution is 7.15. The minimum atomic E-state index is -0.171. The molecule has 0 unspecified atom stereocenters. The second kappa shape index (κ2) is 8.61. The third-order valence-corrected chi connectivity index (χ3v) is 5.70. The van der Waals surface area contributed by atoms with Crippen molar-refractivity contribution in [2.24, 2.45) is 0 Å². The summed E-state index contributed by atoms with van der Waals surface area (Å²) in [6, 6.07) is 13.6. The molecule has 0 aliphatic rings. The first-order valence-corrected chi connectivity index (χ1v) is 10.4. The molecule has 0 bridgehead atoms. The normalized spacial score (nSPS) is 12.1. The van der Waals surface area contributed by atoms with Crippen LogP contribution in [-0.4, -0.2) is 42.9 Å². The van der Waals surface area contributed by atoms with E-state index in [-0.39, 0.29) is 5.56 Å². The van der Waals surface area contributed by atoms with E-state index in [1.807, 2.05) is 73.6 Å². The van der Waals surface area contributed by atoms with Crippen molar-refractivity contribution >= 4 is 40.2 Å². The standard InChI is InChI=1S/C23H22N4O3S/c1-26(2)17-9-5-16(6-10-17)14-20-22(28)27-23(31-20)24-21(25-27)12-8-15-7-11-18(29-3)19(13-15)30-4/h5-14H,1-4H3/b12-8+,20-14-. The maximum Gasteiger partial charge on any atom is 0.291 e. The molecular formula is C23H22N4O3S. The Morgan fingerprint density at radius 1 is 0.968 bits per heavy atom. The van der Waals surface area contributed by atoms with Gasteiger partial charge in [0.15, 0.2) is 17.3 Å². The van der Waals surface area contributed by atoms with Gasteiger partial charge in [0.05, 0.1) is 18.8 Å². The predicted molar refractivity (Wildman–Crippen MR) is 125 cm³/mol. The van der Waals surface area contributed by atoms with Gasteiger partial charge in [-0.1, -0.05) is 35.6 Å². The lowest BCUT2D eigenvalue weighted by atomic mass is 10.2. The van der Waals surface area contributed by atoms with E-state index < -0.39 is 0 Å². The van der Waals surface area contributed by atoms with Gasteiger partial charge in [0, 0.05) is 19.8 Å². The quantitative estimate of drug-likeness (QED) is 0.465. The van der Waals surface area contributed by atoms with Gasteiger partial charge in [-0.15, -0.1) is 5.10 Å². The number of benzene rings is 2. The van der Waals surface area contributed by atoms with Crippen LogP contribution >= 0.6 is 11.3 Å². The molecule has 0 radical (unpaired) electrons. The number of rotatable bonds is 6. The van der Waals surface area contributed by atoms with Gasteiger partial charge in [0.1, 0.15) is 0 Å². The van der Waals surface area contributed by atoms with Gasteiger partial charge in [-0.3, -0.25) is 4.79 Å². The summed E-state index contributed by atoms with van der Waals surface area (Å²) in [5.74, 6) is 1.78. The van der Waals surface area contributed by atoms with Crippen molar-refractivity contribution in [3.63, 3.8) is 0 Å². The number of hydrogen-bond acceptors (Lipinski definition) is 7. The molecule has 0 amide bonds. The number of thiazole rings is 1. The van der Waals surface area contributed by atoms with E-state index in [4.69, 9.17) is 9.47 Å². The summed E-state index contributed by atoms with van der Waals surface area (Å²) < 4.78 is 12.5. The molecule has 0 N–H and O–H groups in total. The highest BCUT2D eigenvalue weighted by atomic mass is 32.1. The van der Waals surface area contributed by atoms with Gasteiger partial charge >= 0.3 is 0 Å². The van der Waals surface area contributed by atoms with Gasteiger partial charge in [-0.05, 0) is 47.5 Å². The van der Waals surface area contributed by atoms with Gasteiger partial charge in [0.2, 0.25) is 4.96 Å². The van der Waals surface area contributed by atoms with Crippen LogP contribution in [0.15, 0.2) is 47.3 Å². The van der Waals surface area contributed by atoms with E-state index >= 15 is 0 Å². The molecule has 7 nitrogen and oxygen atoms in total. The molecule has 8 heteroatoms. The Balaban J connectivity index is 1.60. The van der Waals surface area contributed by atoms with Crippen LogP contribution < -0.4 is 24.5 Å². The Labute approximate surface area is 183 Å². The minimum absolute atomic E-state index is 0.171. The number of nitrogens with zero attached hydrogens (tertiary/aromatic N) is 4. The lowest BCUT2D eigenvalue weighted by molar-refractivity contribution is 0.355. The van der Waals surface area contributed by atoms with Crippen LogP contribution in [0.25, 0.3) is 23.2 Å².